The number of aliphatic imine (C=N–C) groups is 1. The van der Waals surface area contributed by atoms with Crippen molar-refractivity contribution in [2.45, 2.75) is 11.8 Å². The predicted octanol–water partition coefficient (Wildman–Crippen LogP) is 2.09. The molecule has 0 amide bonds. The van der Waals surface area contributed by atoms with Crippen molar-refractivity contribution in [2.24, 2.45) is 4.99 Å². The fourth-order valence-electron chi connectivity index (χ4n) is 2.58. The van der Waals surface area contributed by atoms with Gasteiger partial charge in [-0.25, -0.2) is 4.68 Å². The van der Waals surface area contributed by atoms with Gasteiger partial charge in [0.2, 0.25) is 0 Å². The summed E-state index contributed by atoms with van der Waals surface area (Å²) in [5.74, 6) is -0.981. The molecule has 0 atom stereocenters. The van der Waals surface area contributed by atoms with Crippen LogP contribution in [-0.2, 0) is 10.1 Å². The molecule has 1 aromatic heterocycles. The lowest BCUT2D eigenvalue weighted by Crippen LogP contribution is -2.17. The van der Waals surface area contributed by atoms with Crippen molar-refractivity contribution >= 4 is 27.7 Å². The molecule has 3 N–H and O–H groups in total. The third-order valence-electron chi connectivity index (χ3n) is 3.99. The van der Waals surface area contributed by atoms with E-state index in [1.165, 1.54) is 4.68 Å². The molecule has 0 radical (unpaired) electrons. The Bertz CT molecular complexity index is 1290. The topological polar surface area (TPSA) is 168 Å². The van der Waals surface area contributed by atoms with Crippen molar-refractivity contribution in [1.29, 1.82) is 0 Å². The van der Waals surface area contributed by atoms with E-state index in [-0.39, 0.29) is 5.56 Å². The third kappa shape index (κ3) is 3.93. The highest BCUT2D eigenvalue weighted by Crippen LogP contribution is 2.37. The average Bonchev–Trinajstić information content (AvgIpc) is 2.94. The van der Waals surface area contributed by atoms with Crippen LogP contribution in [0.1, 0.15) is 11.3 Å². The molecule has 0 aliphatic heterocycles. The number of benzene rings is 2. The smallest absolute Gasteiger partial charge is 0.298 e. The van der Waals surface area contributed by atoms with Gasteiger partial charge in [-0.3, -0.25) is 29.6 Å². The zero-order valence-corrected chi connectivity index (χ0v) is 15.6. The molecule has 0 saturated heterocycles. The minimum Gasteiger partial charge on any atom is -0.504 e. The lowest BCUT2D eigenvalue weighted by Gasteiger charge is -2.04. The van der Waals surface area contributed by atoms with Gasteiger partial charge in [0.25, 0.3) is 21.4 Å². The summed E-state index contributed by atoms with van der Waals surface area (Å²) in [6, 6.07) is 9.98. The summed E-state index contributed by atoms with van der Waals surface area (Å²) in [6.07, 6.45) is 1.04. The number of nitro groups is 1. The van der Waals surface area contributed by atoms with Crippen molar-refractivity contribution in [2.75, 3.05) is 0 Å². The number of aromatic amines is 1. The first-order valence-corrected chi connectivity index (χ1v) is 9.43. The molecule has 0 bridgehead atoms. The van der Waals surface area contributed by atoms with Gasteiger partial charge < -0.3 is 5.11 Å². The number of para-hydroxylation sites is 1. The molecule has 3 aromatic rings. The number of aryl methyl sites for hydroxylation is 1. The molecule has 0 spiro atoms. The fourth-order valence-corrected chi connectivity index (χ4v) is 3.20. The minimum absolute atomic E-state index is 0.0909. The van der Waals surface area contributed by atoms with Crippen LogP contribution >= 0.6 is 0 Å². The lowest BCUT2D eigenvalue weighted by molar-refractivity contribution is -0.385. The normalized spacial score (nSPS) is 11.8. The van der Waals surface area contributed by atoms with Crippen LogP contribution in [-0.4, -0.2) is 39.0 Å². The molecule has 0 saturated carbocycles. The maximum Gasteiger partial charge on any atom is 0.298 e. The first-order valence-electron chi connectivity index (χ1n) is 7.99. The van der Waals surface area contributed by atoms with Crippen LogP contribution in [0, 0.1) is 17.0 Å². The number of phenolic OH excluding ortho intramolecular Hbond substituents is 1. The Labute approximate surface area is 163 Å². The van der Waals surface area contributed by atoms with E-state index in [0.717, 1.165) is 12.3 Å². The van der Waals surface area contributed by atoms with Crippen molar-refractivity contribution < 1.29 is 23.0 Å². The van der Waals surface area contributed by atoms with Gasteiger partial charge in [0.1, 0.15) is 10.6 Å². The van der Waals surface area contributed by atoms with Crippen molar-refractivity contribution in [3.05, 3.63) is 74.2 Å². The Kier molecular flexibility index (Phi) is 5.05. The number of nitrogens with one attached hydrogen (secondary N) is 1. The van der Waals surface area contributed by atoms with Crippen LogP contribution in [0.2, 0.25) is 0 Å². The highest BCUT2D eigenvalue weighted by molar-refractivity contribution is 7.86. The Hall–Kier alpha value is -3.77. The van der Waals surface area contributed by atoms with E-state index in [0.29, 0.717) is 17.4 Å². The average molecular weight is 418 g/mol. The summed E-state index contributed by atoms with van der Waals surface area (Å²) in [4.78, 5) is 25.5. The lowest BCUT2D eigenvalue weighted by atomic mass is 10.2. The van der Waals surface area contributed by atoms with Crippen LogP contribution < -0.4 is 5.56 Å². The maximum absolute atomic E-state index is 12.6. The predicted molar refractivity (Wildman–Crippen MR) is 103 cm³/mol. The Morgan fingerprint density at radius 3 is 2.48 bits per heavy atom. The van der Waals surface area contributed by atoms with Gasteiger partial charge in [0, 0.05) is 24.0 Å². The maximum atomic E-state index is 12.6. The van der Waals surface area contributed by atoms with Crippen molar-refractivity contribution in [3.8, 4) is 11.4 Å². The van der Waals surface area contributed by atoms with Crippen LogP contribution in [0.3, 0.4) is 0 Å². The number of hydrogen-bond acceptors (Lipinski definition) is 7. The van der Waals surface area contributed by atoms with Crippen LogP contribution in [0.5, 0.6) is 5.75 Å². The van der Waals surface area contributed by atoms with Gasteiger partial charge >= 0.3 is 0 Å². The molecule has 12 heteroatoms. The SMILES string of the molecule is Cc1[nH]n(-c2ccccc2)c(=O)c1C=Nc1cc([N+](=O)[O-])cc(S(=O)(=O)O)c1O. The second-order valence-electron chi connectivity index (χ2n) is 5.93. The summed E-state index contributed by atoms with van der Waals surface area (Å²) >= 11 is 0. The van der Waals surface area contributed by atoms with E-state index in [4.69, 9.17) is 0 Å². The van der Waals surface area contributed by atoms with E-state index in [2.05, 4.69) is 10.1 Å². The second-order valence-corrected chi connectivity index (χ2v) is 7.32. The number of non-ortho nitro benzene ring substituents is 1. The molecule has 1 heterocycles. The van der Waals surface area contributed by atoms with Gasteiger partial charge in [-0.1, -0.05) is 18.2 Å². The number of rotatable bonds is 5. The largest absolute Gasteiger partial charge is 0.504 e. The van der Waals surface area contributed by atoms with Gasteiger partial charge in [0.05, 0.1) is 16.2 Å². The molecule has 29 heavy (non-hydrogen) atoms. The molecule has 0 unspecified atom stereocenters. The number of aromatic nitrogens is 2. The van der Waals surface area contributed by atoms with Gasteiger partial charge in [-0.05, 0) is 19.1 Å². The molecular weight excluding hydrogens is 404 g/mol. The molecular formula is C17H14N4O7S. The third-order valence-corrected chi connectivity index (χ3v) is 4.86. The van der Waals surface area contributed by atoms with Crippen LogP contribution in [0.15, 0.2) is 57.1 Å². The van der Waals surface area contributed by atoms with E-state index >= 15 is 0 Å². The zero-order chi connectivity index (χ0) is 21.3. The number of nitro benzene ring substituents is 1. The highest BCUT2D eigenvalue weighted by Gasteiger charge is 2.24. The Morgan fingerprint density at radius 2 is 1.90 bits per heavy atom. The molecule has 150 valence electrons. The summed E-state index contributed by atoms with van der Waals surface area (Å²) in [5.41, 5.74) is -0.617. The number of nitrogens with zero attached hydrogens (tertiary/aromatic N) is 3. The minimum atomic E-state index is -4.94. The zero-order valence-electron chi connectivity index (χ0n) is 14.8. The number of hydrogen-bond donors (Lipinski definition) is 3. The van der Waals surface area contributed by atoms with Gasteiger partial charge in [-0.2, -0.15) is 8.42 Å². The first kappa shape index (κ1) is 20.0. The molecule has 3 rings (SSSR count). The van der Waals surface area contributed by atoms with Crippen LogP contribution in [0.4, 0.5) is 11.4 Å². The quantitative estimate of drug-likeness (QED) is 0.247. The summed E-state index contributed by atoms with van der Waals surface area (Å²) < 4.78 is 33.2. The van der Waals surface area contributed by atoms with Gasteiger partial charge in [-0.15, -0.1) is 0 Å². The standard InChI is InChI=1S/C17H14N4O7S/c1-10-13(17(23)20(19-10)11-5-3-2-4-6-11)9-18-14-7-12(21(24)25)8-15(16(14)22)29(26,27)28/h2-9,19,22H,1H3,(H,26,27,28). The van der Waals surface area contributed by atoms with Crippen molar-refractivity contribution in [1.82, 2.24) is 9.78 Å². The molecule has 0 aliphatic rings. The van der Waals surface area contributed by atoms with Gasteiger partial charge in [0.15, 0.2) is 5.75 Å². The van der Waals surface area contributed by atoms with E-state index in [1.54, 1.807) is 37.3 Å². The number of H-pyrrole nitrogens is 1. The van der Waals surface area contributed by atoms with E-state index < -0.39 is 42.6 Å². The van der Waals surface area contributed by atoms with E-state index in [1.807, 2.05) is 0 Å². The highest BCUT2D eigenvalue weighted by atomic mass is 32.2. The molecule has 11 nitrogen and oxygen atoms in total. The number of aromatic hydroxyl groups is 1. The van der Waals surface area contributed by atoms with Crippen LogP contribution in [0.25, 0.3) is 5.69 Å². The monoisotopic (exact) mass is 418 g/mol. The Balaban J connectivity index is 2.12. The molecule has 0 aliphatic carbocycles. The summed E-state index contributed by atoms with van der Waals surface area (Å²) in [6.45, 7) is 1.60. The Morgan fingerprint density at radius 1 is 1.24 bits per heavy atom. The summed E-state index contributed by atoms with van der Waals surface area (Å²) in [7, 11) is -4.94. The number of phenols is 1. The first-order chi connectivity index (χ1) is 13.6. The fraction of sp³-hybridized carbons (Fsp3) is 0.0588. The molecule has 2 aromatic carbocycles. The molecule has 0 fully saturated rings. The van der Waals surface area contributed by atoms with Crippen molar-refractivity contribution in [3.63, 3.8) is 0 Å². The summed E-state index contributed by atoms with van der Waals surface area (Å²) in [5, 5.41) is 23.9. The van der Waals surface area contributed by atoms with E-state index in [9.17, 15) is 33.0 Å². The second kappa shape index (κ2) is 7.33.